The Labute approximate surface area is 837 Å². The maximum Gasteiger partial charge on any atom is 0.139 e. The normalized spacial score (nSPS) is 13.5. The molecule has 24 aromatic carbocycles. The number of hydrogen-bond acceptors (Lipinski definition) is 2. The van der Waals surface area contributed by atoms with Crippen molar-refractivity contribution in [3.8, 4) is 72.4 Å². The number of rotatable bonds is 3. The first-order valence-corrected chi connectivity index (χ1v) is 51.4. The lowest BCUT2D eigenvalue weighted by Gasteiger charge is -2.35. The van der Waals surface area contributed by atoms with Crippen LogP contribution in [0.2, 0.25) is 0 Å². The van der Waals surface area contributed by atoms with Crippen LogP contribution in [-0.4, -0.2) is 9.55 Å². The van der Waals surface area contributed by atoms with Gasteiger partial charge in [-0.25, -0.2) is 0 Å². The Balaban J connectivity index is 0.0000000847. The predicted molar refractivity (Wildman–Crippen MR) is 609 cm³/mol. The van der Waals surface area contributed by atoms with Crippen LogP contribution in [-0.2, 0) is 36.5 Å². The summed E-state index contributed by atoms with van der Waals surface area (Å²) in [4.78, 5) is 3.91. The van der Waals surface area contributed by atoms with E-state index in [1.807, 2.05) is 11.3 Å². The molecule has 0 amide bonds. The molecule has 0 bridgehead atoms. The number of thiophene rings is 1. The van der Waals surface area contributed by atoms with Crippen molar-refractivity contribution in [2.24, 2.45) is 0 Å². The highest BCUT2D eigenvalue weighted by Crippen LogP contribution is 2.63. The second-order valence-electron chi connectivity index (χ2n) is 40.4. The molecule has 0 aliphatic heterocycles. The number of benzene rings is 24. The second kappa shape index (κ2) is 32.0. The van der Waals surface area contributed by atoms with Gasteiger partial charge in [0.2, 0.25) is 0 Å². The number of aromatic amines is 1. The largest absolute Gasteiger partial charge is 0.456 e. The highest BCUT2D eigenvalue weighted by molar-refractivity contribution is 7.27. The highest BCUT2D eigenvalue weighted by atomic mass is 32.1. The van der Waals surface area contributed by atoms with Gasteiger partial charge in [-0.05, 0) is 248 Å². The van der Waals surface area contributed by atoms with Crippen LogP contribution in [0.5, 0.6) is 0 Å². The molecule has 0 saturated carbocycles. The Kier molecular flexibility index (Phi) is 18.3. The van der Waals surface area contributed by atoms with Crippen molar-refractivity contribution < 1.29 is 4.42 Å². The standard InChI is InChI=1S/C36H24.C32H20N2.C26H20.C23H14O.C23H14S/c1-3-13-26(14-4-1)36(27-15-5-2-6-16-27)33-22-19-24-11-7-10-18-29(24)34(33)31-21-20-30-28-17-9-8-12-25(28)23-32(30)35(31)36;1-2-10-20(11-3-1)34-28-17-9-8-14-23(28)26-18-19-27-29-24-15-6-4-12-21(24)22-13-5-7-16-25(22)30(29)33-31(27)32(26)34;1-26(2)23-10-6-5-9-19(23)21-14-13-20-22(25(21)26)15-17-12-11-16-7-3-4-8-18(16)24(17)20;1-2-6-15-13-22-20(11-14(15)5-1)19-10-9-18-17-8-4-3-7-16(17)12-21(18)23(19)24-22;1-4-8-17-14(5-1)9-10-19-20-12-11-18-16-7-3-2-6-15(16)13-21(18)23(20)24-22(17)19/h1-22H,23H2;1-19,33H;3-14H,15H2,1-2H3;1-11,13H,12H2;1-12H,13H2. The molecule has 0 atom stereocenters. The Hall–Kier alpha value is -17.5. The van der Waals surface area contributed by atoms with E-state index in [9.17, 15) is 0 Å². The molecule has 0 radical (unpaired) electrons. The summed E-state index contributed by atoms with van der Waals surface area (Å²) in [6, 6.07) is 171. The minimum atomic E-state index is -0.370. The van der Waals surface area contributed by atoms with E-state index in [1.54, 1.807) is 0 Å². The van der Waals surface area contributed by atoms with Crippen LogP contribution in [0, 0.1) is 0 Å². The van der Waals surface area contributed by atoms with Crippen LogP contribution >= 0.6 is 11.3 Å². The summed E-state index contributed by atoms with van der Waals surface area (Å²) in [7, 11) is 0. The van der Waals surface area contributed by atoms with Crippen molar-refractivity contribution in [3.63, 3.8) is 0 Å². The fourth-order valence-electron chi connectivity index (χ4n) is 26.6. The average molecular weight is 1850 g/mol. The lowest BCUT2D eigenvalue weighted by Crippen LogP contribution is -2.29. The van der Waals surface area contributed by atoms with Gasteiger partial charge in [-0.15, -0.1) is 11.3 Å². The van der Waals surface area contributed by atoms with E-state index < -0.39 is 0 Å². The summed E-state index contributed by atoms with van der Waals surface area (Å²) in [6.45, 7) is 4.78. The molecule has 28 aromatic rings. The molecule has 144 heavy (non-hydrogen) atoms. The van der Waals surface area contributed by atoms with Gasteiger partial charge < -0.3 is 14.0 Å². The number of nitrogens with one attached hydrogen (secondary N) is 1. The molecule has 0 saturated heterocycles. The third-order valence-electron chi connectivity index (χ3n) is 32.8. The van der Waals surface area contributed by atoms with Crippen molar-refractivity contribution in [2.45, 2.75) is 50.4 Å². The number of para-hydroxylation sites is 2. The molecule has 4 aromatic heterocycles. The van der Waals surface area contributed by atoms with E-state index in [0.29, 0.717) is 0 Å². The number of furan rings is 1. The maximum atomic E-state index is 6.33. The van der Waals surface area contributed by atoms with Gasteiger partial charge in [0.1, 0.15) is 11.2 Å². The average Bonchev–Trinajstić information content (AvgIpc) is 1.51. The summed E-state index contributed by atoms with van der Waals surface area (Å²) in [5.41, 5.74) is 44.6. The summed E-state index contributed by atoms with van der Waals surface area (Å²) in [5.74, 6) is 0. The number of aromatic nitrogens is 2. The number of H-pyrrole nitrogens is 1. The Morgan fingerprint density at radius 3 is 1.40 bits per heavy atom. The van der Waals surface area contributed by atoms with Crippen LogP contribution in [0.3, 0.4) is 0 Å². The van der Waals surface area contributed by atoms with Gasteiger partial charge in [-0.3, -0.25) is 0 Å². The first-order valence-electron chi connectivity index (χ1n) is 50.6. The monoisotopic (exact) mass is 1850 g/mol. The molecule has 6 aliphatic carbocycles. The molecular formula is C140H92N2OS. The van der Waals surface area contributed by atoms with Crippen LogP contribution < -0.4 is 0 Å². The van der Waals surface area contributed by atoms with Gasteiger partial charge in [0.05, 0.1) is 27.5 Å². The third-order valence-corrected chi connectivity index (χ3v) is 34.1. The van der Waals surface area contributed by atoms with Crippen molar-refractivity contribution in [1.82, 2.24) is 9.55 Å². The minimum Gasteiger partial charge on any atom is -0.456 e. The van der Waals surface area contributed by atoms with Gasteiger partial charge in [-0.2, -0.15) is 0 Å². The molecule has 6 aliphatic rings. The molecule has 0 unspecified atom stereocenters. The lowest BCUT2D eigenvalue weighted by molar-refractivity contribution is 0.654. The first-order chi connectivity index (χ1) is 71.2. The van der Waals surface area contributed by atoms with E-state index in [1.165, 1.54) is 290 Å². The van der Waals surface area contributed by atoms with Gasteiger partial charge >= 0.3 is 0 Å². The summed E-state index contributed by atoms with van der Waals surface area (Å²) in [6.07, 6.45) is 4.05. The van der Waals surface area contributed by atoms with Gasteiger partial charge in [-0.1, -0.05) is 445 Å². The van der Waals surface area contributed by atoms with Crippen molar-refractivity contribution in [1.29, 1.82) is 0 Å². The number of fused-ring (bicyclic) bond motifs is 47. The Morgan fingerprint density at radius 1 is 0.257 bits per heavy atom. The molecule has 4 heteroatoms. The molecule has 1 N–H and O–H groups in total. The van der Waals surface area contributed by atoms with E-state index in [4.69, 9.17) is 4.42 Å². The van der Waals surface area contributed by atoms with Gasteiger partial charge in [0, 0.05) is 87.4 Å². The molecule has 34 rings (SSSR count). The molecule has 674 valence electrons. The molecule has 4 heterocycles. The molecule has 3 nitrogen and oxygen atoms in total. The number of nitrogens with zero attached hydrogens (tertiary/aromatic N) is 1. The third kappa shape index (κ3) is 12.1. The minimum absolute atomic E-state index is 0.0646. The smallest absolute Gasteiger partial charge is 0.139 e. The lowest BCUT2D eigenvalue weighted by atomic mass is 9.66. The summed E-state index contributed by atoms with van der Waals surface area (Å²) >= 11 is 1.97. The van der Waals surface area contributed by atoms with E-state index in [2.05, 4.69) is 491 Å². The van der Waals surface area contributed by atoms with Crippen LogP contribution in [0.4, 0.5) is 0 Å². The zero-order chi connectivity index (χ0) is 94.7. The highest BCUT2D eigenvalue weighted by Gasteiger charge is 2.50. The van der Waals surface area contributed by atoms with Crippen LogP contribution in [0.25, 0.3) is 223 Å². The van der Waals surface area contributed by atoms with E-state index in [-0.39, 0.29) is 10.8 Å². The van der Waals surface area contributed by atoms with Crippen LogP contribution in [0.15, 0.2) is 472 Å². The topological polar surface area (TPSA) is 33.9 Å². The fourth-order valence-corrected chi connectivity index (χ4v) is 28.0. The second-order valence-corrected chi connectivity index (χ2v) is 41.4. The SMILES string of the molecule is CC1(C)c2ccccc2-c2ccc3c(c21)Cc1ccc2ccccc2c1-3.c1ccc(-n2c3ccccc3c3ccc4c([nH]c5c6ccccc6c6ccccc6c45)c32)cc1.c1ccc(C2(c3ccccc3)c3ccc4ccccc4c3-c3ccc4c(c32)Cc2ccccc2-4)cc1.c1ccc2c(c1)Cc1c-2ccc2c1oc1cc3ccccc3cc12.c1ccc2c(c1)Cc1c-2ccc2c1sc1c3ccccc3ccc21. The molecular weight excluding hydrogens is 1760 g/mol. The van der Waals surface area contributed by atoms with E-state index >= 15 is 0 Å². The van der Waals surface area contributed by atoms with Gasteiger partial charge in [0.25, 0.3) is 0 Å². The first kappa shape index (κ1) is 82.4. The number of hydrogen-bond donors (Lipinski definition) is 1. The quantitative estimate of drug-likeness (QED) is 0.176. The Bertz CT molecular complexity index is 10300. The molecule has 0 fully saturated rings. The maximum absolute atomic E-state index is 6.33. The van der Waals surface area contributed by atoms with Crippen molar-refractivity contribution in [2.75, 3.05) is 0 Å². The molecule has 0 spiro atoms. The van der Waals surface area contributed by atoms with Crippen molar-refractivity contribution in [3.05, 3.63) is 545 Å². The zero-order valence-electron chi connectivity index (χ0n) is 79.5. The zero-order valence-corrected chi connectivity index (χ0v) is 80.4. The predicted octanol–water partition coefficient (Wildman–Crippen LogP) is 37.3. The van der Waals surface area contributed by atoms with Gasteiger partial charge in [0.15, 0.2) is 0 Å². The summed E-state index contributed by atoms with van der Waals surface area (Å²) < 4.78 is 11.6. The van der Waals surface area contributed by atoms with E-state index in [0.717, 1.165) is 36.8 Å². The summed E-state index contributed by atoms with van der Waals surface area (Å²) in [5, 5.41) is 26.0. The Morgan fingerprint density at radius 2 is 0.708 bits per heavy atom. The van der Waals surface area contributed by atoms with Crippen LogP contribution in [0.1, 0.15) is 91.7 Å². The fraction of sp³-hybridized carbons (Fsp3) is 0.0571. The van der Waals surface area contributed by atoms with Crippen molar-refractivity contribution >= 4 is 162 Å².